The highest BCUT2D eigenvalue weighted by molar-refractivity contribution is 8.03. The number of benzene rings is 2. The van der Waals surface area contributed by atoms with Crippen LogP contribution in [0.5, 0.6) is 0 Å². The summed E-state index contributed by atoms with van der Waals surface area (Å²) in [6.07, 6.45) is 2.29. The van der Waals surface area contributed by atoms with Crippen molar-refractivity contribution in [3.63, 3.8) is 0 Å². The molecule has 1 aliphatic rings. The SMILES string of the molecule is CCc1cccc(C)c1NC(=O)C1=C(C)NC(SCC(=O)Nc2cccc(C)c2)=C(C#N)C1c1ccco1. The summed E-state index contributed by atoms with van der Waals surface area (Å²) >= 11 is 1.22. The number of furan rings is 1. The fourth-order valence-electron chi connectivity index (χ4n) is 4.51. The Morgan fingerprint density at radius 2 is 1.87 bits per heavy atom. The maximum absolute atomic E-state index is 13.7. The number of rotatable bonds is 8. The monoisotopic (exact) mass is 526 g/mol. The Balaban J connectivity index is 1.61. The fourth-order valence-corrected chi connectivity index (χ4v) is 5.40. The second-order valence-corrected chi connectivity index (χ2v) is 10.1. The zero-order valence-electron chi connectivity index (χ0n) is 21.8. The smallest absolute Gasteiger partial charge is 0.254 e. The van der Waals surface area contributed by atoms with Gasteiger partial charge in [-0.2, -0.15) is 5.26 Å². The lowest BCUT2D eigenvalue weighted by Gasteiger charge is -2.28. The van der Waals surface area contributed by atoms with Crippen LogP contribution in [0.25, 0.3) is 0 Å². The number of para-hydroxylation sites is 1. The third-order valence-corrected chi connectivity index (χ3v) is 7.36. The van der Waals surface area contributed by atoms with E-state index >= 15 is 0 Å². The van der Waals surface area contributed by atoms with Gasteiger partial charge in [-0.25, -0.2) is 0 Å². The van der Waals surface area contributed by atoms with Crippen LogP contribution >= 0.6 is 11.8 Å². The van der Waals surface area contributed by atoms with Gasteiger partial charge < -0.3 is 20.4 Å². The van der Waals surface area contributed by atoms with Crippen LogP contribution in [0, 0.1) is 25.2 Å². The minimum Gasteiger partial charge on any atom is -0.468 e. The fraction of sp³-hybridized carbons (Fsp3) is 0.233. The van der Waals surface area contributed by atoms with Gasteiger partial charge in [-0.3, -0.25) is 9.59 Å². The number of allylic oxidation sites excluding steroid dienone is 2. The van der Waals surface area contributed by atoms with E-state index in [9.17, 15) is 14.9 Å². The maximum atomic E-state index is 13.7. The van der Waals surface area contributed by atoms with Crippen molar-refractivity contribution < 1.29 is 14.0 Å². The molecule has 0 radical (unpaired) electrons. The van der Waals surface area contributed by atoms with E-state index in [2.05, 4.69) is 22.0 Å². The second kappa shape index (κ2) is 11.9. The number of hydrogen-bond donors (Lipinski definition) is 3. The Labute approximate surface area is 227 Å². The highest BCUT2D eigenvalue weighted by Crippen LogP contribution is 2.41. The summed E-state index contributed by atoms with van der Waals surface area (Å²) in [6.45, 7) is 7.75. The molecule has 0 saturated heterocycles. The number of aryl methyl sites for hydroxylation is 3. The van der Waals surface area contributed by atoms with Crippen LogP contribution in [0.2, 0.25) is 0 Å². The van der Waals surface area contributed by atoms with Gasteiger partial charge in [0.1, 0.15) is 5.76 Å². The first-order valence-corrected chi connectivity index (χ1v) is 13.4. The van der Waals surface area contributed by atoms with Gasteiger partial charge in [-0.05, 0) is 68.1 Å². The number of anilines is 2. The summed E-state index contributed by atoms with van der Waals surface area (Å²) in [6, 6.07) is 19.2. The molecule has 2 aromatic carbocycles. The van der Waals surface area contributed by atoms with E-state index in [-0.39, 0.29) is 17.6 Å². The molecule has 0 aliphatic carbocycles. The Hall–Kier alpha value is -4.22. The number of thioether (sulfide) groups is 1. The average molecular weight is 527 g/mol. The van der Waals surface area contributed by atoms with Crippen molar-refractivity contribution >= 4 is 35.0 Å². The number of carbonyl (C=O) groups excluding carboxylic acids is 2. The first-order chi connectivity index (χ1) is 18.3. The van der Waals surface area contributed by atoms with E-state index in [0.29, 0.717) is 33.3 Å². The number of nitriles is 1. The van der Waals surface area contributed by atoms with E-state index in [1.165, 1.54) is 18.0 Å². The van der Waals surface area contributed by atoms with Crippen molar-refractivity contribution in [3.05, 3.63) is 105 Å². The molecular weight excluding hydrogens is 496 g/mol. The third-order valence-electron chi connectivity index (χ3n) is 6.35. The van der Waals surface area contributed by atoms with Crippen molar-refractivity contribution in [3.8, 4) is 6.07 Å². The van der Waals surface area contributed by atoms with Crippen molar-refractivity contribution in [1.29, 1.82) is 5.26 Å². The number of nitrogens with one attached hydrogen (secondary N) is 3. The molecule has 1 aliphatic heterocycles. The third kappa shape index (κ3) is 5.84. The molecule has 2 amide bonds. The second-order valence-electron chi connectivity index (χ2n) is 9.09. The summed E-state index contributed by atoms with van der Waals surface area (Å²) in [5.41, 5.74) is 5.84. The van der Waals surface area contributed by atoms with Crippen LogP contribution in [0.15, 0.2) is 87.1 Å². The summed E-state index contributed by atoms with van der Waals surface area (Å²) in [4.78, 5) is 26.4. The normalized spacial score (nSPS) is 15.1. The molecule has 8 heteroatoms. The number of amides is 2. The average Bonchev–Trinajstić information content (AvgIpc) is 3.43. The predicted octanol–water partition coefficient (Wildman–Crippen LogP) is 6.17. The van der Waals surface area contributed by atoms with Crippen molar-refractivity contribution in [1.82, 2.24) is 5.32 Å². The van der Waals surface area contributed by atoms with Gasteiger partial charge in [0.15, 0.2) is 0 Å². The van der Waals surface area contributed by atoms with Crippen LogP contribution in [-0.2, 0) is 16.0 Å². The topological polar surface area (TPSA) is 107 Å². The molecule has 38 heavy (non-hydrogen) atoms. The largest absolute Gasteiger partial charge is 0.468 e. The van der Waals surface area contributed by atoms with E-state index in [1.807, 2.05) is 63.2 Å². The molecule has 0 saturated carbocycles. The van der Waals surface area contributed by atoms with Crippen molar-refractivity contribution in [2.75, 3.05) is 16.4 Å². The number of hydrogen-bond acceptors (Lipinski definition) is 6. The summed E-state index contributed by atoms with van der Waals surface area (Å²) in [5.74, 6) is -0.652. The lowest BCUT2D eigenvalue weighted by molar-refractivity contribution is -0.114. The molecule has 0 bridgehead atoms. The number of dihydropyridines is 1. The summed E-state index contributed by atoms with van der Waals surface area (Å²) in [7, 11) is 0. The van der Waals surface area contributed by atoms with E-state index in [0.717, 1.165) is 28.8 Å². The quantitative estimate of drug-likeness (QED) is 0.324. The van der Waals surface area contributed by atoms with Gasteiger partial charge in [0.05, 0.1) is 40.2 Å². The van der Waals surface area contributed by atoms with Gasteiger partial charge in [0.25, 0.3) is 5.91 Å². The minimum atomic E-state index is -0.715. The lowest BCUT2D eigenvalue weighted by atomic mass is 9.85. The van der Waals surface area contributed by atoms with Gasteiger partial charge in [0.2, 0.25) is 5.91 Å². The number of carbonyl (C=O) groups is 2. The van der Waals surface area contributed by atoms with Crippen LogP contribution in [0.3, 0.4) is 0 Å². The molecule has 3 aromatic rings. The zero-order chi connectivity index (χ0) is 27.2. The van der Waals surface area contributed by atoms with Gasteiger partial charge in [-0.1, -0.05) is 49.0 Å². The standard InChI is InChI=1S/C30H30N4O3S/c1-5-21-11-7-10-19(3)28(21)34-29(36)26-20(4)32-30(23(16-31)27(26)24-13-8-14-37-24)38-17-25(35)33-22-12-6-9-18(2)15-22/h6-15,27,32H,5,17H2,1-4H3,(H,33,35)(H,34,36). The van der Waals surface area contributed by atoms with Crippen LogP contribution in [0.4, 0.5) is 11.4 Å². The van der Waals surface area contributed by atoms with Gasteiger partial charge >= 0.3 is 0 Å². The Morgan fingerprint density at radius 3 is 2.55 bits per heavy atom. The van der Waals surface area contributed by atoms with E-state index in [1.54, 1.807) is 19.1 Å². The Bertz CT molecular complexity index is 1460. The van der Waals surface area contributed by atoms with Gasteiger partial charge in [0, 0.05) is 17.1 Å². The highest BCUT2D eigenvalue weighted by Gasteiger charge is 2.36. The molecular formula is C30H30N4O3S. The zero-order valence-corrected chi connectivity index (χ0v) is 22.7. The minimum absolute atomic E-state index is 0.0875. The molecule has 1 unspecified atom stereocenters. The maximum Gasteiger partial charge on any atom is 0.254 e. The Kier molecular flexibility index (Phi) is 8.39. The molecule has 2 heterocycles. The molecule has 7 nitrogen and oxygen atoms in total. The number of nitrogens with zero attached hydrogens (tertiary/aromatic N) is 1. The van der Waals surface area contributed by atoms with Crippen LogP contribution in [0.1, 0.15) is 42.2 Å². The lowest BCUT2D eigenvalue weighted by Crippen LogP contribution is -2.31. The molecule has 4 rings (SSSR count). The molecule has 3 N–H and O–H groups in total. The van der Waals surface area contributed by atoms with Crippen molar-refractivity contribution in [2.24, 2.45) is 0 Å². The molecule has 0 fully saturated rings. The van der Waals surface area contributed by atoms with E-state index < -0.39 is 5.92 Å². The van der Waals surface area contributed by atoms with Crippen LogP contribution < -0.4 is 16.0 Å². The molecule has 194 valence electrons. The first-order valence-electron chi connectivity index (χ1n) is 12.4. The summed E-state index contributed by atoms with van der Waals surface area (Å²) < 4.78 is 5.70. The predicted molar refractivity (Wildman–Crippen MR) is 151 cm³/mol. The van der Waals surface area contributed by atoms with Crippen molar-refractivity contribution in [2.45, 2.75) is 40.0 Å². The Morgan fingerprint density at radius 1 is 1.08 bits per heavy atom. The highest BCUT2D eigenvalue weighted by atomic mass is 32.2. The summed E-state index contributed by atoms with van der Waals surface area (Å²) in [5, 5.41) is 19.9. The molecule has 1 aromatic heterocycles. The first kappa shape index (κ1) is 26.8. The van der Waals surface area contributed by atoms with Crippen LogP contribution in [-0.4, -0.2) is 17.6 Å². The van der Waals surface area contributed by atoms with Gasteiger partial charge in [-0.15, -0.1) is 0 Å². The van der Waals surface area contributed by atoms with E-state index in [4.69, 9.17) is 4.42 Å². The molecule has 0 spiro atoms. The molecule has 1 atom stereocenters.